The molecule has 0 radical (unpaired) electrons. The van der Waals surface area contributed by atoms with E-state index in [1.54, 1.807) is 23.9 Å². The molecule has 0 aliphatic carbocycles. The highest BCUT2D eigenvalue weighted by molar-refractivity contribution is 7.98. The first-order chi connectivity index (χ1) is 14.4. The Labute approximate surface area is 181 Å². The number of hydrogen-bond donors (Lipinski definition) is 2. The predicted molar refractivity (Wildman–Crippen MR) is 119 cm³/mol. The highest BCUT2D eigenvalue weighted by Gasteiger charge is 2.15. The lowest BCUT2D eigenvalue weighted by Crippen LogP contribution is -2.26. The number of nitrogens with one attached hydrogen (secondary N) is 2. The Morgan fingerprint density at radius 3 is 2.43 bits per heavy atom. The topological polar surface area (TPSA) is 88.4 Å². The van der Waals surface area contributed by atoms with Crippen molar-refractivity contribution in [2.45, 2.75) is 24.1 Å². The second-order valence-electron chi connectivity index (χ2n) is 6.72. The van der Waals surface area contributed by atoms with Crippen molar-refractivity contribution >= 4 is 27.7 Å². The van der Waals surface area contributed by atoms with Crippen LogP contribution in [0.3, 0.4) is 0 Å². The first-order valence-corrected chi connectivity index (χ1v) is 12.1. The van der Waals surface area contributed by atoms with E-state index in [1.165, 1.54) is 41.7 Å². The van der Waals surface area contributed by atoms with Gasteiger partial charge in [0.2, 0.25) is 10.0 Å². The predicted octanol–water partition coefficient (Wildman–Crippen LogP) is 3.73. The summed E-state index contributed by atoms with van der Waals surface area (Å²) in [6.07, 6.45) is 1.48. The molecule has 0 unspecified atom stereocenters. The van der Waals surface area contributed by atoms with Crippen LogP contribution in [0.5, 0.6) is 0 Å². The smallest absolute Gasteiger partial charge is 0.251 e. The average molecular weight is 445 g/mol. The Balaban J connectivity index is 1.43. The van der Waals surface area contributed by atoms with Crippen LogP contribution in [-0.4, -0.2) is 26.6 Å². The number of hydrogen-bond acceptors (Lipinski definition) is 5. The maximum Gasteiger partial charge on any atom is 0.251 e. The van der Waals surface area contributed by atoms with Crippen LogP contribution >= 0.6 is 11.8 Å². The molecule has 6 nitrogen and oxygen atoms in total. The van der Waals surface area contributed by atoms with Gasteiger partial charge in [0.1, 0.15) is 5.76 Å². The summed E-state index contributed by atoms with van der Waals surface area (Å²) in [5, 5.41) is 2.86. The Bertz CT molecular complexity index is 1050. The van der Waals surface area contributed by atoms with Crippen LogP contribution in [0, 0.1) is 6.92 Å². The van der Waals surface area contributed by atoms with Gasteiger partial charge in [0.05, 0.1) is 17.7 Å². The second kappa shape index (κ2) is 10.5. The van der Waals surface area contributed by atoms with Gasteiger partial charge in [-0.15, -0.1) is 0 Å². The standard InChI is InChI=1S/C22H24N2O4S2/c1-17-4-6-18(7-5-17)16-29-14-12-23-22(25)19-8-10-21(11-9-19)30(26,27)24-15-20-3-2-13-28-20/h2-11,13,24H,12,14-16H2,1H3,(H,23,25). The first-order valence-electron chi connectivity index (χ1n) is 9.48. The van der Waals surface area contributed by atoms with E-state index in [4.69, 9.17) is 4.42 Å². The fourth-order valence-corrected chi connectivity index (χ4v) is 4.47. The summed E-state index contributed by atoms with van der Waals surface area (Å²) in [7, 11) is -3.68. The van der Waals surface area contributed by atoms with E-state index in [1.807, 2.05) is 0 Å². The number of aryl methyl sites for hydroxylation is 1. The van der Waals surface area contributed by atoms with Gasteiger partial charge >= 0.3 is 0 Å². The molecule has 2 aromatic carbocycles. The van der Waals surface area contributed by atoms with Gasteiger partial charge in [0.25, 0.3) is 5.91 Å². The quantitative estimate of drug-likeness (QED) is 0.465. The summed E-state index contributed by atoms with van der Waals surface area (Å²) in [5.41, 5.74) is 2.92. The van der Waals surface area contributed by atoms with Gasteiger partial charge in [-0.2, -0.15) is 11.8 Å². The summed E-state index contributed by atoms with van der Waals surface area (Å²) in [6.45, 7) is 2.67. The molecule has 0 aliphatic rings. The van der Waals surface area contributed by atoms with Crippen LogP contribution in [0.2, 0.25) is 0 Å². The number of carbonyl (C=O) groups is 1. The molecule has 0 spiro atoms. The molecule has 1 aromatic heterocycles. The summed E-state index contributed by atoms with van der Waals surface area (Å²) in [5.74, 6) is 1.99. The number of furan rings is 1. The highest BCUT2D eigenvalue weighted by atomic mass is 32.2. The molecule has 8 heteroatoms. The van der Waals surface area contributed by atoms with E-state index < -0.39 is 10.0 Å². The zero-order chi connectivity index (χ0) is 21.4. The van der Waals surface area contributed by atoms with Gasteiger partial charge in [-0.05, 0) is 48.9 Å². The highest BCUT2D eigenvalue weighted by Crippen LogP contribution is 2.13. The molecule has 158 valence electrons. The maximum absolute atomic E-state index is 12.3. The molecular weight excluding hydrogens is 420 g/mol. The summed E-state index contributed by atoms with van der Waals surface area (Å²) >= 11 is 1.75. The molecule has 0 aliphatic heterocycles. The second-order valence-corrected chi connectivity index (χ2v) is 9.59. The lowest BCUT2D eigenvalue weighted by Gasteiger charge is -2.08. The molecule has 1 heterocycles. The monoisotopic (exact) mass is 444 g/mol. The number of rotatable bonds is 10. The van der Waals surface area contributed by atoms with Crippen molar-refractivity contribution in [1.82, 2.24) is 10.0 Å². The van der Waals surface area contributed by atoms with Crippen LogP contribution in [0.15, 0.2) is 76.2 Å². The van der Waals surface area contributed by atoms with Gasteiger partial charge in [-0.1, -0.05) is 29.8 Å². The molecule has 0 saturated heterocycles. The van der Waals surface area contributed by atoms with E-state index in [0.29, 0.717) is 17.9 Å². The van der Waals surface area contributed by atoms with Gasteiger partial charge in [0, 0.05) is 23.6 Å². The first kappa shape index (κ1) is 22.1. The third-order valence-electron chi connectivity index (χ3n) is 4.36. The molecule has 3 rings (SSSR count). The van der Waals surface area contributed by atoms with Gasteiger partial charge in [0.15, 0.2) is 0 Å². The van der Waals surface area contributed by atoms with Crippen molar-refractivity contribution < 1.29 is 17.6 Å². The zero-order valence-corrected chi connectivity index (χ0v) is 18.3. The molecule has 1 amide bonds. The normalized spacial score (nSPS) is 11.4. The van der Waals surface area contributed by atoms with Crippen molar-refractivity contribution in [3.05, 3.63) is 89.4 Å². The average Bonchev–Trinajstić information content (AvgIpc) is 3.27. The van der Waals surface area contributed by atoms with Crippen molar-refractivity contribution in [1.29, 1.82) is 0 Å². The van der Waals surface area contributed by atoms with Crippen LogP contribution in [0.4, 0.5) is 0 Å². The van der Waals surface area contributed by atoms with Gasteiger partial charge < -0.3 is 9.73 Å². The number of sulfonamides is 1. The Morgan fingerprint density at radius 1 is 1.03 bits per heavy atom. The Morgan fingerprint density at radius 2 is 1.77 bits per heavy atom. The lowest BCUT2D eigenvalue weighted by molar-refractivity contribution is 0.0956. The fraction of sp³-hybridized carbons (Fsp3) is 0.227. The molecule has 0 atom stereocenters. The van der Waals surface area contributed by atoms with Gasteiger partial charge in [-0.25, -0.2) is 13.1 Å². The summed E-state index contributed by atoms with van der Waals surface area (Å²) < 4.78 is 32.2. The van der Waals surface area contributed by atoms with Crippen molar-refractivity contribution in [2.75, 3.05) is 12.3 Å². The van der Waals surface area contributed by atoms with E-state index in [-0.39, 0.29) is 17.3 Å². The molecule has 2 N–H and O–H groups in total. The summed E-state index contributed by atoms with van der Waals surface area (Å²) in [6, 6.07) is 17.7. The molecule has 0 bridgehead atoms. The van der Waals surface area contributed by atoms with Crippen LogP contribution in [0.1, 0.15) is 27.2 Å². The largest absolute Gasteiger partial charge is 0.468 e. The summed E-state index contributed by atoms with van der Waals surface area (Å²) in [4.78, 5) is 12.4. The lowest BCUT2D eigenvalue weighted by atomic mass is 10.2. The third kappa shape index (κ3) is 6.48. The minimum atomic E-state index is -3.68. The SMILES string of the molecule is Cc1ccc(CSCCNC(=O)c2ccc(S(=O)(=O)NCc3ccco3)cc2)cc1. The van der Waals surface area contributed by atoms with Crippen molar-refractivity contribution in [3.63, 3.8) is 0 Å². The van der Waals surface area contributed by atoms with Gasteiger partial charge in [-0.3, -0.25) is 4.79 Å². The zero-order valence-electron chi connectivity index (χ0n) is 16.6. The molecule has 0 fully saturated rings. The third-order valence-corrected chi connectivity index (χ3v) is 6.81. The van der Waals surface area contributed by atoms with Crippen LogP contribution < -0.4 is 10.0 Å². The van der Waals surface area contributed by atoms with E-state index in [2.05, 4.69) is 41.2 Å². The van der Waals surface area contributed by atoms with Crippen molar-refractivity contribution in [2.24, 2.45) is 0 Å². The van der Waals surface area contributed by atoms with Crippen LogP contribution in [-0.2, 0) is 22.3 Å². The molecule has 30 heavy (non-hydrogen) atoms. The Kier molecular flexibility index (Phi) is 7.73. The van der Waals surface area contributed by atoms with Crippen molar-refractivity contribution in [3.8, 4) is 0 Å². The van der Waals surface area contributed by atoms with E-state index in [9.17, 15) is 13.2 Å². The number of thioether (sulfide) groups is 1. The minimum absolute atomic E-state index is 0.0673. The minimum Gasteiger partial charge on any atom is -0.468 e. The van der Waals surface area contributed by atoms with Crippen LogP contribution in [0.25, 0.3) is 0 Å². The van der Waals surface area contributed by atoms with E-state index >= 15 is 0 Å². The molecule has 0 saturated carbocycles. The number of benzene rings is 2. The molecule has 3 aromatic rings. The van der Waals surface area contributed by atoms with E-state index in [0.717, 1.165) is 11.5 Å². The Hall–Kier alpha value is -2.55. The fourth-order valence-electron chi connectivity index (χ4n) is 2.66. The number of carbonyl (C=O) groups excluding carboxylic acids is 1. The number of amides is 1. The maximum atomic E-state index is 12.3. The molecular formula is C22H24N2O4S2.